The minimum atomic E-state index is -0.0529. The molecule has 1 fully saturated rings. The molecule has 1 aromatic heterocycles. The highest BCUT2D eigenvalue weighted by molar-refractivity contribution is 9.10. The summed E-state index contributed by atoms with van der Waals surface area (Å²) in [5, 5.41) is 3.06. The number of hydrogen-bond acceptors (Lipinski definition) is 5. The molecule has 1 aliphatic rings. The van der Waals surface area contributed by atoms with Gasteiger partial charge in [0, 0.05) is 23.1 Å². The molecule has 6 nitrogen and oxygen atoms in total. The van der Waals surface area contributed by atoms with Gasteiger partial charge >= 0.3 is 0 Å². The van der Waals surface area contributed by atoms with E-state index < -0.39 is 0 Å². The second kappa shape index (κ2) is 10.1. The summed E-state index contributed by atoms with van der Waals surface area (Å²) in [4.78, 5) is 16.9. The summed E-state index contributed by atoms with van der Waals surface area (Å²) in [5.41, 5.74) is 2.89. The molecule has 31 heavy (non-hydrogen) atoms. The Bertz CT molecular complexity index is 1010. The fraction of sp³-hybridized carbons (Fsp3) is 0.292. The highest BCUT2D eigenvalue weighted by atomic mass is 79.9. The number of nitrogens with zero attached hydrogens (tertiary/aromatic N) is 2. The standard InChI is InChI=1S/C24H26BrN3O3/c1-27(16-20-10-11-23(31-20)18-6-8-19(25)9-7-18)17-24(29)26-21-4-2-3-5-22(21)28-12-14-30-15-13-28/h2-11H,12-17H2,1H3,(H,26,29). The topological polar surface area (TPSA) is 58.0 Å². The van der Waals surface area contributed by atoms with Gasteiger partial charge in [0.05, 0.1) is 37.7 Å². The van der Waals surface area contributed by atoms with Crippen LogP contribution in [0.5, 0.6) is 0 Å². The van der Waals surface area contributed by atoms with Crippen molar-refractivity contribution in [2.24, 2.45) is 0 Å². The summed E-state index contributed by atoms with van der Waals surface area (Å²) in [5.74, 6) is 1.59. The molecule has 1 saturated heterocycles. The van der Waals surface area contributed by atoms with Gasteiger partial charge < -0.3 is 19.4 Å². The van der Waals surface area contributed by atoms with Gasteiger partial charge in [-0.25, -0.2) is 0 Å². The van der Waals surface area contributed by atoms with E-state index >= 15 is 0 Å². The van der Waals surface area contributed by atoms with E-state index in [2.05, 4.69) is 26.1 Å². The zero-order valence-corrected chi connectivity index (χ0v) is 19.1. The molecule has 4 rings (SSSR count). The third-order valence-electron chi connectivity index (χ3n) is 5.16. The van der Waals surface area contributed by atoms with Crippen molar-refractivity contribution in [1.29, 1.82) is 0 Å². The van der Waals surface area contributed by atoms with Crippen LogP contribution in [-0.2, 0) is 16.1 Å². The summed E-state index contributed by atoms with van der Waals surface area (Å²) in [7, 11) is 1.91. The first-order valence-corrected chi connectivity index (χ1v) is 11.1. The minimum absolute atomic E-state index is 0.0529. The van der Waals surface area contributed by atoms with E-state index in [0.29, 0.717) is 19.8 Å². The van der Waals surface area contributed by atoms with Crippen LogP contribution in [0.15, 0.2) is 69.6 Å². The molecule has 1 N–H and O–H groups in total. The summed E-state index contributed by atoms with van der Waals surface area (Å²) in [6.07, 6.45) is 0. The number of ether oxygens (including phenoxy) is 1. The van der Waals surface area contributed by atoms with Gasteiger partial charge in [0.2, 0.25) is 5.91 Å². The predicted molar refractivity (Wildman–Crippen MR) is 126 cm³/mol. The zero-order valence-electron chi connectivity index (χ0n) is 17.5. The van der Waals surface area contributed by atoms with Gasteiger partial charge in [-0.2, -0.15) is 0 Å². The number of amides is 1. The fourth-order valence-electron chi connectivity index (χ4n) is 3.65. The second-order valence-electron chi connectivity index (χ2n) is 7.61. The van der Waals surface area contributed by atoms with E-state index in [0.717, 1.165) is 46.0 Å². The van der Waals surface area contributed by atoms with Crippen LogP contribution in [0.2, 0.25) is 0 Å². The molecule has 0 spiro atoms. The number of benzene rings is 2. The molecule has 2 heterocycles. The summed E-state index contributed by atoms with van der Waals surface area (Å²) >= 11 is 3.45. The van der Waals surface area contributed by atoms with Crippen molar-refractivity contribution in [1.82, 2.24) is 4.90 Å². The third kappa shape index (κ3) is 5.76. The van der Waals surface area contributed by atoms with Crippen molar-refractivity contribution in [3.05, 3.63) is 70.9 Å². The summed E-state index contributed by atoms with van der Waals surface area (Å²) in [6.45, 7) is 3.88. The summed E-state index contributed by atoms with van der Waals surface area (Å²) < 4.78 is 12.4. The van der Waals surface area contributed by atoms with Crippen LogP contribution < -0.4 is 10.2 Å². The van der Waals surface area contributed by atoms with Crippen LogP contribution in [0.25, 0.3) is 11.3 Å². The lowest BCUT2D eigenvalue weighted by Gasteiger charge is -2.30. The Morgan fingerprint density at radius 1 is 1.06 bits per heavy atom. The molecule has 0 radical (unpaired) electrons. The van der Waals surface area contributed by atoms with E-state index in [9.17, 15) is 4.79 Å². The minimum Gasteiger partial charge on any atom is -0.460 e. The Labute approximate surface area is 190 Å². The van der Waals surface area contributed by atoms with Crippen molar-refractivity contribution in [3.63, 3.8) is 0 Å². The SMILES string of the molecule is CN(CC(=O)Nc1ccccc1N1CCOCC1)Cc1ccc(-c2ccc(Br)cc2)o1. The first kappa shape index (κ1) is 21.6. The zero-order chi connectivity index (χ0) is 21.6. The van der Waals surface area contributed by atoms with Gasteiger partial charge in [0.25, 0.3) is 0 Å². The second-order valence-corrected chi connectivity index (χ2v) is 8.53. The smallest absolute Gasteiger partial charge is 0.238 e. The van der Waals surface area contributed by atoms with Crippen LogP contribution in [0.1, 0.15) is 5.76 Å². The quantitative estimate of drug-likeness (QED) is 0.531. The van der Waals surface area contributed by atoms with Crippen LogP contribution in [0.3, 0.4) is 0 Å². The number of furan rings is 1. The van der Waals surface area contributed by atoms with E-state index in [1.54, 1.807) is 0 Å². The molecule has 162 valence electrons. The number of carbonyl (C=O) groups is 1. The van der Waals surface area contributed by atoms with Gasteiger partial charge in [-0.1, -0.05) is 40.2 Å². The molecule has 3 aromatic rings. The monoisotopic (exact) mass is 483 g/mol. The predicted octanol–water partition coefficient (Wildman–Crippen LogP) is 4.62. The maximum atomic E-state index is 12.7. The van der Waals surface area contributed by atoms with Crippen molar-refractivity contribution in [3.8, 4) is 11.3 Å². The molecule has 1 aliphatic heterocycles. The molecule has 0 atom stereocenters. The molecule has 0 aliphatic carbocycles. The number of likely N-dealkylation sites (N-methyl/N-ethyl adjacent to an activating group) is 1. The van der Waals surface area contributed by atoms with Crippen molar-refractivity contribution >= 4 is 33.2 Å². The Morgan fingerprint density at radius 3 is 2.58 bits per heavy atom. The normalized spacial score (nSPS) is 14.1. The van der Waals surface area contributed by atoms with Gasteiger partial charge in [0.1, 0.15) is 11.5 Å². The lowest BCUT2D eigenvalue weighted by Crippen LogP contribution is -2.37. The first-order valence-electron chi connectivity index (χ1n) is 10.3. The number of anilines is 2. The highest BCUT2D eigenvalue weighted by Crippen LogP contribution is 2.27. The maximum absolute atomic E-state index is 12.7. The summed E-state index contributed by atoms with van der Waals surface area (Å²) in [6, 6.07) is 19.8. The molecular weight excluding hydrogens is 458 g/mol. The number of nitrogens with one attached hydrogen (secondary N) is 1. The van der Waals surface area contributed by atoms with Crippen molar-refractivity contribution in [2.45, 2.75) is 6.54 Å². The Balaban J connectivity index is 1.34. The van der Waals surface area contributed by atoms with Crippen LogP contribution >= 0.6 is 15.9 Å². The molecule has 7 heteroatoms. The van der Waals surface area contributed by atoms with Crippen LogP contribution in [0.4, 0.5) is 11.4 Å². The first-order chi connectivity index (χ1) is 15.1. The van der Waals surface area contributed by atoms with Gasteiger partial charge in [-0.15, -0.1) is 0 Å². The Hall–Kier alpha value is -2.61. The van der Waals surface area contributed by atoms with Crippen LogP contribution in [-0.4, -0.2) is 50.7 Å². The van der Waals surface area contributed by atoms with E-state index in [1.807, 2.05) is 72.6 Å². The number of morpholine rings is 1. The molecular formula is C24H26BrN3O3. The lowest BCUT2D eigenvalue weighted by molar-refractivity contribution is -0.117. The number of carbonyl (C=O) groups excluding carboxylic acids is 1. The Morgan fingerprint density at radius 2 is 1.81 bits per heavy atom. The molecule has 1 amide bonds. The van der Waals surface area contributed by atoms with E-state index in [1.165, 1.54) is 0 Å². The lowest BCUT2D eigenvalue weighted by atomic mass is 10.2. The highest BCUT2D eigenvalue weighted by Gasteiger charge is 2.17. The number of para-hydroxylation sites is 2. The molecule has 0 bridgehead atoms. The fourth-order valence-corrected chi connectivity index (χ4v) is 3.91. The van der Waals surface area contributed by atoms with E-state index in [4.69, 9.17) is 9.15 Å². The molecule has 0 saturated carbocycles. The Kier molecular flexibility index (Phi) is 7.06. The molecule has 0 unspecified atom stereocenters. The average molecular weight is 484 g/mol. The maximum Gasteiger partial charge on any atom is 0.238 e. The van der Waals surface area contributed by atoms with Crippen molar-refractivity contribution in [2.75, 3.05) is 50.1 Å². The number of rotatable bonds is 7. The van der Waals surface area contributed by atoms with E-state index in [-0.39, 0.29) is 12.5 Å². The van der Waals surface area contributed by atoms with Gasteiger partial charge in [0.15, 0.2) is 0 Å². The van der Waals surface area contributed by atoms with Crippen molar-refractivity contribution < 1.29 is 13.9 Å². The molecule has 2 aromatic carbocycles. The third-order valence-corrected chi connectivity index (χ3v) is 5.69. The largest absolute Gasteiger partial charge is 0.460 e. The van der Waals surface area contributed by atoms with Gasteiger partial charge in [-0.3, -0.25) is 9.69 Å². The van der Waals surface area contributed by atoms with Gasteiger partial charge in [-0.05, 0) is 43.4 Å². The van der Waals surface area contributed by atoms with Crippen LogP contribution in [0, 0.1) is 0 Å². The average Bonchev–Trinajstić information content (AvgIpc) is 3.23. The number of halogens is 1. The number of hydrogen-bond donors (Lipinski definition) is 1.